The average Bonchev–Trinajstić information content (AvgIpc) is 2.92. The van der Waals surface area contributed by atoms with Gasteiger partial charge in [-0.1, -0.05) is 23.7 Å². The third-order valence-electron chi connectivity index (χ3n) is 6.64. The second kappa shape index (κ2) is 13.4. The van der Waals surface area contributed by atoms with E-state index in [0.29, 0.717) is 22.8 Å². The minimum atomic E-state index is -0.0141. The number of unbranched alkanes of at least 4 members (excludes halogenated alkanes) is 2. The van der Waals surface area contributed by atoms with Crippen LogP contribution in [-0.2, 0) is 6.54 Å². The van der Waals surface area contributed by atoms with E-state index < -0.39 is 0 Å². The summed E-state index contributed by atoms with van der Waals surface area (Å²) < 4.78 is 11.1. The van der Waals surface area contributed by atoms with Crippen molar-refractivity contribution in [3.8, 4) is 11.5 Å². The van der Waals surface area contributed by atoms with Crippen LogP contribution in [0.25, 0.3) is 0 Å². The van der Waals surface area contributed by atoms with Crippen molar-refractivity contribution in [3.05, 3.63) is 94.5 Å². The van der Waals surface area contributed by atoms with Gasteiger partial charge in [-0.25, -0.2) is 0 Å². The first-order valence-electron chi connectivity index (χ1n) is 12.7. The zero-order valence-corrected chi connectivity index (χ0v) is 21.8. The van der Waals surface area contributed by atoms with Crippen LogP contribution in [0.4, 0.5) is 0 Å². The van der Waals surface area contributed by atoms with Gasteiger partial charge in [0, 0.05) is 48.9 Å². The molecule has 0 amide bonds. The first-order valence-corrected chi connectivity index (χ1v) is 13.1. The van der Waals surface area contributed by atoms with Crippen molar-refractivity contribution in [2.75, 3.05) is 46.4 Å². The Bertz CT molecular complexity index is 1080. The second-order valence-electron chi connectivity index (χ2n) is 9.24. The van der Waals surface area contributed by atoms with Gasteiger partial charge in [-0.05, 0) is 92.0 Å². The first-order chi connectivity index (χ1) is 17.6. The molecule has 3 aromatic rings. The van der Waals surface area contributed by atoms with Crippen molar-refractivity contribution >= 4 is 17.4 Å². The lowest BCUT2D eigenvalue weighted by atomic mass is 10.0. The number of hydrogen-bond donors (Lipinski definition) is 0. The number of carbonyl (C=O) groups excluding carboxylic acids is 1. The van der Waals surface area contributed by atoms with E-state index >= 15 is 0 Å². The van der Waals surface area contributed by atoms with Crippen molar-refractivity contribution in [1.29, 1.82) is 0 Å². The zero-order valence-electron chi connectivity index (χ0n) is 21.0. The summed E-state index contributed by atoms with van der Waals surface area (Å²) in [7, 11) is 1.70. The fraction of sp³-hybridized carbons (Fsp3) is 0.367. The molecule has 3 aromatic carbocycles. The smallest absolute Gasteiger partial charge is 0.193 e. The van der Waals surface area contributed by atoms with Gasteiger partial charge in [0.05, 0.1) is 13.7 Å². The fourth-order valence-corrected chi connectivity index (χ4v) is 4.56. The molecule has 1 saturated heterocycles. The molecule has 190 valence electrons. The van der Waals surface area contributed by atoms with Gasteiger partial charge >= 0.3 is 0 Å². The van der Waals surface area contributed by atoms with Crippen LogP contribution >= 0.6 is 11.6 Å². The standard InChI is InChI=1S/C30H35ClN2O3/c1-35-28-13-5-24(6-14-28)23-33-20-18-32(19-21-33)17-3-2-4-22-36-29-15-9-26(10-16-29)30(34)25-7-11-27(31)12-8-25/h5-16H,2-4,17-23H2,1H3. The van der Waals surface area contributed by atoms with Gasteiger partial charge in [0.25, 0.3) is 0 Å². The highest BCUT2D eigenvalue weighted by Crippen LogP contribution is 2.18. The van der Waals surface area contributed by atoms with Crippen LogP contribution in [-0.4, -0.2) is 62.0 Å². The predicted molar refractivity (Wildman–Crippen MR) is 145 cm³/mol. The Hall–Kier alpha value is -2.86. The Labute approximate surface area is 219 Å². The Morgan fingerprint density at radius 3 is 1.97 bits per heavy atom. The summed E-state index contributed by atoms with van der Waals surface area (Å²) in [4.78, 5) is 17.7. The normalized spacial score (nSPS) is 14.5. The predicted octanol–water partition coefficient (Wildman–Crippen LogP) is 5.95. The summed E-state index contributed by atoms with van der Waals surface area (Å²) in [5.74, 6) is 1.70. The minimum absolute atomic E-state index is 0.0141. The molecule has 0 bridgehead atoms. The molecule has 0 unspecified atom stereocenters. The van der Waals surface area contributed by atoms with Crippen molar-refractivity contribution in [1.82, 2.24) is 9.80 Å². The number of nitrogens with zero attached hydrogens (tertiary/aromatic N) is 2. The monoisotopic (exact) mass is 506 g/mol. The van der Waals surface area contributed by atoms with E-state index in [1.165, 1.54) is 12.0 Å². The van der Waals surface area contributed by atoms with Crippen molar-refractivity contribution in [3.63, 3.8) is 0 Å². The van der Waals surface area contributed by atoms with Gasteiger partial charge < -0.3 is 14.4 Å². The fourth-order valence-electron chi connectivity index (χ4n) is 4.43. The van der Waals surface area contributed by atoms with Gasteiger partial charge in [0.15, 0.2) is 5.78 Å². The molecule has 1 heterocycles. The van der Waals surface area contributed by atoms with Gasteiger partial charge in [0.1, 0.15) is 11.5 Å². The molecule has 6 heteroatoms. The van der Waals surface area contributed by atoms with E-state index in [0.717, 1.165) is 63.6 Å². The molecule has 0 saturated carbocycles. The molecule has 1 aliphatic rings. The number of hydrogen-bond acceptors (Lipinski definition) is 5. The largest absolute Gasteiger partial charge is 0.497 e. The lowest BCUT2D eigenvalue weighted by Crippen LogP contribution is -2.46. The van der Waals surface area contributed by atoms with Crippen LogP contribution in [0.3, 0.4) is 0 Å². The maximum Gasteiger partial charge on any atom is 0.193 e. The molecule has 4 rings (SSSR count). The van der Waals surface area contributed by atoms with Crippen LogP contribution in [0.1, 0.15) is 40.7 Å². The number of rotatable bonds is 12. The van der Waals surface area contributed by atoms with E-state index in [1.807, 2.05) is 36.4 Å². The van der Waals surface area contributed by atoms with E-state index in [2.05, 4.69) is 21.9 Å². The molecular weight excluding hydrogens is 472 g/mol. The number of carbonyl (C=O) groups is 1. The molecule has 36 heavy (non-hydrogen) atoms. The Kier molecular flexibility index (Phi) is 9.79. The maximum atomic E-state index is 12.6. The first kappa shape index (κ1) is 26.2. The lowest BCUT2D eigenvalue weighted by molar-refractivity contribution is 0.103. The topological polar surface area (TPSA) is 42.0 Å². The minimum Gasteiger partial charge on any atom is -0.497 e. The maximum absolute atomic E-state index is 12.6. The van der Waals surface area contributed by atoms with E-state index in [-0.39, 0.29) is 5.78 Å². The number of piperazine rings is 1. The number of ether oxygens (including phenoxy) is 2. The summed E-state index contributed by atoms with van der Waals surface area (Å²) >= 11 is 5.91. The van der Waals surface area contributed by atoms with E-state index in [4.69, 9.17) is 21.1 Å². The van der Waals surface area contributed by atoms with Crippen molar-refractivity contribution < 1.29 is 14.3 Å². The zero-order chi connectivity index (χ0) is 25.2. The van der Waals surface area contributed by atoms with Crippen LogP contribution in [0.15, 0.2) is 72.8 Å². The molecule has 5 nitrogen and oxygen atoms in total. The SMILES string of the molecule is COc1ccc(CN2CCN(CCCCCOc3ccc(C(=O)c4ccc(Cl)cc4)cc3)CC2)cc1. The average molecular weight is 507 g/mol. The van der Waals surface area contributed by atoms with Crippen LogP contribution in [0.5, 0.6) is 11.5 Å². The molecule has 1 fully saturated rings. The van der Waals surface area contributed by atoms with E-state index in [1.54, 1.807) is 31.4 Å². The molecule has 0 spiro atoms. The van der Waals surface area contributed by atoms with Crippen LogP contribution < -0.4 is 9.47 Å². The molecule has 1 aliphatic heterocycles. The number of ketones is 1. The van der Waals surface area contributed by atoms with Gasteiger partial charge in [0.2, 0.25) is 0 Å². The van der Waals surface area contributed by atoms with Crippen LogP contribution in [0, 0.1) is 0 Å². The molecule has 0 aliphatic carbocycles. The summed E-state index contributed by atoms with van der Waals surface area (Å²) in [5, 5.41) is 0.624. The quantitative estimate of drug-likeness (QED) is 0.224. The highest BCUT2D eigenvalue weighted by Gasteiger charge is 2.16. The molecule has 0 N–H and O–H groups in total. The third kappa shape index (κ3) is 7.82. The molecule has 0 aromatic heterocycles. The molecule has 0 radical (unpaired) electrons. The van der Waals surface area contributed by atoms with Crippen molar-refractivity contribution in [2.24, 2.45) is 0 Å². The molecular formula is C30H35ClN2O3. The Morgan fingerprint density at radius 1 is 0.750 bits per heavy atom. The van der Waals surface area contributed by atoms with Crippen molar-refractivity contribution in [2.45, 2.75) is 25.8 Å². The molecule has 0 atom stereocenters. The number of halogens is 1. The summed E-state index contributed by atoms with van der Waals surface area (Å²) in [5.41, 5.74) is 2.62. The number of benzene rings is 3. The summed E-state index contributed by atoms with van der Waals surface area (Å²) in [6.45, 7) is 7.35. The number of methoxy groups -OCH3 is 1. The highest BCUT2D eigenvalue weighted by atomic mass is 35.5. The summed E-state index contributed by atoms with van der Waals surface area (Å²) in [6.07, 6.45) is 3.37. The summed E-state index contributed by atoms with van der Waals surface area (Å²) in [6, 6.07) is 22.7. The van der Waals surface area contributed by atoms with E-state index in [9.17, 15) is 4.79 Å². The second-order valence-corrected chi connectivity index (χ2v) is 9.67. The third-order valence-corrected chi connectivity index (χ3v) is 6.89. The highest BCUT2D eigenvalue weighted by molar-refractivity contribution is 6.30. The Balaban J connectivity index is 1.07. The van der Waals surface area contributed by atoms with Gasteiger partial charge in [-0.15, -0.1) is 0 Å². The van der Waals surface area contributed by atoms with Gasteiger partial charge in [-0.2, -0.15) is 0 Å². The van der Waals surface area contributed by atoms with Gasteiger partial charge in [-0.3, -0.25) is 9.69 Å². The Morgan fingerprint density at radius 2 is 1.33 bits per heavy atom. The van der Waals surface area contributed by atoms with Crippen LogP contribution in [0.2, 0.25) is 5.02 Å². The lowest BCUT2D eigenvalue weighted by Gasteiger charge is -2.34.